The summed E-state index contributed by atoms with van der Waals surface area (Å²) in [4.78, 5) is 16.3. The topological polar surface area (TPSA) is 54.5 Å². The number of nitrogens with zero attached hydrogens (tertiary/aromatic N) is 4. The van der Waals surface area contributed by atoms with E-state index < -0.39 is 0 Å². The van der Waals surface area contributed by atoms with Crippen LogP contribution >= 0.6 is 0 Å². The molecule has 1 saturated heterocycles. The number of rotatable bonds is 4. The number of amides is 1. The van der Waals surface area contributed by atoms with Crippen LogP contribution in [0, 0.1) is 0 Å². The van der Waals surface area contributed by atoms with Gasteiger partial charge in [-0.15, -0.1) is 0 Å². The number of carbonyl (C=O) groups is 1. The third-order valence-electron chi connectivity index (χ3n) is 3.60. The zero-order chi connectivity index (χ0) is 13.8. The Hall–Kier alpha value is -2.08. The van der Waals surface area contributed by atoms with E-state index in [4.69, 9.17) is 4.42 Å². The zero-order valence-electron chi connectivity index (χ0n) is 11.3. The van der Waals surface area contributed by atoms with Gasteiger partial charge < -0.3 is 9.32 Å². The molecular weight excluding hydrogens is 256 g/mol. The number of piperazine rings is 1. The SMILES string of the molecule is O=C(c1ccco1)N1CCN(CCn2cccn2)CC1. The van der Waals surface area contributed by atoms with E-state index in [1.54, 1.807) is 18.3 Å². The van der Waals surface area contributed by atoms with Gasteiger partial charge in [-0.25, -0.2) is 0 Å². The van der Waals surface area contributed by atoms with E-state index in [2.05, 4.69) is 10.00 Å². The molecule has 0 spiro atoms. The summed E-state index contributed by atoms with van der Waals surface area (Å²) in [6, 6.07) is 5.39. The Balaban J connectivity index is 1.46. The van der Waals surface area contributed by atoms with E-state index in [-0.39, 0.29) is 5.91 Å². The van der Waals surface area contributed by atoms with Crippen LogP contribution in [0.4, 0.5) is 0 Å². The van der Waals surface area contributed by atoms with Gasteiger partial charge in [0.25, 0.3) is 5.91 Å². The first kappa shape index (κ1) is 12.9. The van der Waals surface area contributed by atoms with Crippen molar-refractivity contribution >= 4 is 5.91 Å². The lowest BCUT2D eigenvalue weighted by Gasteiger charge is -2.34. The minimum Gasteiger partial charge on any atom is -0.459 e. The first-order valence-corrected chi connectivity index (χ1v) is 6.85. The van der Waals surface area contributed by atoms with E-state index in [1.165, 1.54) is 6.26 Å². The van der Waals surface area contributed by atoms with Gasteiger partial charge in [0.15, 0.2) is 5.76 Å². The quantitative estimate of drug-likeness (QED) is 0.832. The predicted octanol–water partition coefficient (Wildman–Crippen LogP) is 0.934. The summed E-state index contributed by atoms with van der Waals surface area (Å²) in [5.41, 5.74) is 0. The summed E-state index contributed by atoms with van der Waals surface area (Å²) in [5.74, 6) is 0.414. The molecular formula is C14H18N4O2. The van der Waals surface area contributed by atoms with Crippen molar-refractivity contribution in [1.29, 1.82) is 0 Å². The molecule has 3 rings (SSSR count). The fraction of sp³-hybridized carbons (Fsp3) is 0.429. The molecule has 106 valence electrons. The zero-order valence-corrected chi connectivity index (χ0v) is 11.3. The maximum atomic E-state index is 12.1. The van der Waals surface area contributed by atoms with Crippen LogP contribution in [-0.2, 0) is 6.54 Å². The molecule has 2 aromatic heterocycles. The monoisotopic (exact) mass is 274 g/mol. The standard InChI is InChI=1S/C14H18N4O2/c19-14(13-3-1-12-20-13)17-9-6-16(7-10-17)8-11-18-5-2-4-15-18/h1-5,12H,6-11H2. The third kappa shape index (κ3) is 2.91. The summed E-state index contributed by atoms with van der Waals surface area (Å²) < 4.78 is 7.09. The van der Waals surface area contributed by atoms with Crippen molar-refractivity contribution in [3.63, 3.8) is 0 Å². The first-order valence-electron chi connectivity index (χ1n) is 6.85. The fourth-order valence-electron chi connectivity index (χ4n) is 2.41. The molecule has 2 aromatic rings. The van der Waals surface area contributed by atoms with Gasteiger partial charge in [-0.1, -0.05) is 0 Å². The van der Waals surface area contributed by atoms with Crippen molar-refractivity contribution in [2.75, 3.05) is 32.7 Å². The minimum atomic E-state index is -0.0123. The molecule has 0 radical (unpaired) electrons. The molecule has 20 heavy (non-hydrogen) atoms. The normalized spacial score (nSPS) is 16.5. The molecule has 0 saturated carbocycles. The summed E-state index contributed by atoms with van der Waals surface area (Å²) in [6.07, 6.45) is 5.30. The Kier molecular flexibility index (Phi) is 3.83. The number of aromatic nitrogens is 2. The number of furan rings is 1. The van der Waals surface area contributed by atoms with Crippen LogP contribution in [0.3, 0.4) is 0 Å². The van der Waals surface area contributed by atoms with Crippen LogP contribution in [-0.4, -0.2) is 58.2 Å². The Morgan fingerprint density at radius 3 is 2.70 bits per heavy atom. The van der Waals surface area contributed by atoms with Crippen molar-refractivity contribution in [3.05, 3.63) is 42.6 Å². The second-order valence-electron chi connectivity index (χ2n) is 4.88. The highest BCUT2D eigenvalue weighted by atomic mass is 16.3. The summed E-state index contributed by atoms with van der Waals surface area (Å²) >= 11 is 0. The van der Waals surface area contributed by atoms with Gasteiger partial charge in [0.05, 0.1) is 12.8 Å². The van der Waals surface area contributed by atoms with Crippen LogP contribution in [0.2, 0.25) is 0 Å². The van der Waals surface area contributed by atoms with Crippen LogP contribution in [0.25, 0.3) is 0 Å². The van der Waals surface area contributed by atoms with Gasteiger partial charge >= 0.3 is 0 Å². The summed E-state index contributed by atoms with van der Waals surface area (Å²) in [6.45, 7) is 5.14. The van der Waals surface area contributed by atoms with Crippen LogP contribution < -0.4 is 0 Å². The molecule has 6 nitrogen and oxygen atoms in total. The van der Waals surface area contributed by atoms with Gasteiger partial charge in [0.1, 0.15) is 0 Å². The smallest absolute Gasteiger partial charge is 0.289 e. The van der Waals surface area contributed by atoms with Crippen LogP contribution in [0.1, 0.15) is 10.6 Å². The highest BCUT2D eigenvalue weighted by Crippen LogP contribution is 2.09. The second-order valence-corrected chi connectivity index (χ2v) is 4.88. The third-order valence-corrected chi connectivity index (χ3v) is 3.60. The van der Waals surface area contributed by atoms with Gasteiger partial charge in [0.2, 0.25) is 0 Å². The maximum Gasteiger partial charge on any atom is 0.289 e. The fourth-order valence-corrected chi connectivity index (χ4v) is 2.41. The molecule has 6 heteroatoms. The summed E-state index contributed by atoms with van der Waals surface area (Å²) in [7, 11) is 0. The number of hydrogen-bond donors (Lipinski definition) is 0. The molecule has 0 atom stereocenters. The van der Waals surface area contributed by atoms with Gasteiger partial charge in [0, 0.05) is 45.1 Å². The van der Waals surface area contributed by atoms with Gasteiger partial charge in [-0.2, -0.15) is 5.10 Å². The lowest BCUT2D eigenvalue weighted by molar-refractivity contribution is 0.0601. The summed E-state index contributed by atoms with van der Waals surface area (Å²) in [5, 5.41) is 4.19. The van der Waals surface area contributed by atoms with Crippen molar-refractivity contribution < 1.29 is 9.21 Å². The average molecular weight is 274 g/mol. The Bertz CT molecular complexity index is 528. The Morgan fingerprint density at radius 1 is 1.20 bits per heavy atom. The molecule has 0 bridgehead atoms. The van der Waals surface area contributed by atoms with Crippen molar-refractivity contribution in [1.82, 2.24) is 19.6 Å². The number of carbonyl (C=O) groups excluding carboxylic acids is 1. The molecule has 1 aliphatic heterocycles. The molecule has 0 aliphatic carbocycles. The lowest BCUT2D eigenvalue weighted by Crippen LogP contribution is -2.49. The molecule has 1 amide bonds. The van der Waals surface area contributed by atoms with Crippen molar-refractivity contribution in [3.8, 4) is 0 Å². The van der Waals surface area contributed by atoms with Crippen molar-refractivity contribution in [2.45, 2.75) is 6.54 Å². The molecule has 0 N–H and O–H groups in total. The minimum absolute atomic E-state index is 0.0123. The van der Waals surface area contributed by atoms with E-state index in [9.17, 15) is 4.79 Å². The number of hydrogen-bond acceptors (Lipinski definition) is 4. The van der Waals surface area contributed by atoms with Crippen molar-refractivity contribution in [2.24, 2.45) is 0 Å². The largest absolute Gasteiger partial charge is 0.459 e. The molecule has 0 aromatic carbocycles. The molecule has 1 aliphatic rings. The molecule has 1 fully saturated rings. The van der Waals surface area contributed by atoms with Gasteiger partial charge in [-0.05, 0) is 18.2 Å². The van der Waals surface area contributed by atoms with Crippen LogP contribution in [0.15, 0.2) is 41.3 Å². The van der Waals surface area contributed by atoms with E-state index in [0.717, 1.165) is 39.3 Å². The molecule has 0 unspecified atom stereocenters. The second kappa shape index (κ2) is 5.92. The highest BCUT2D eigenvalue weighted by Gasteiger charge is 2.23. The Labute approximate surface area is 117 Å². The average Bonchev–Trinajstić information content (AvgIpc) is 3.18. The highest BCUT2D eigenvalue weighted by molar-refractivity contribution is 5.91. The Morgan fingerprint density at radius 2 is 2.05 bits per heavy atom. The van der Waals surface area contributed by atoms with E-state index in [1.807, 2.05) is 21.8 Å². The lowest BCUT2D eigenvalue weighted by atomic mass is 10.3. The van der Waals surface area contributed by atoms with E-state index >= 15 is 0 Å². The van der Waals surface area contributed by atoms with E-state index in [0.29, 0.717) is 5.76 Å². The van der Waals surface area contributed by atoms with Crippen LogP contribution in [0.5, 0.6) is 0 Å². The first-order chi connectivity index (χ1) is 9.83. The predicted molar refractivity (Wildman–Crippen MR) is 73.3 cm³/mol. The van der Waals surface area contributed by atoms with Gasteiger partial charge in [-0.3, -0.25) is 14.4 Å². The maximum absolute atomic E-state index is 12.1. The molecule has 3 heterocycles.